The molecule has 2 amide bonds. The van der Waals surface area contributed by atoms with E-state index in [9.17, 15) is 4.79 Å². The van der Waals surface area contributed by atoms with Crippen LogP contribution in [-0.2, 0) is 6.42 Å². The molecular formula is C25H27N7O2. The number of carbonyl (C=O) groups excluding carboxylic acids is 1. The topological polar surface area (TPSA) is 91.5 Å². The lowest BCUT2D eigenvalue weighted by Crippen LogP contribution is -2.51. The summed E-state index contributed by atoms with van der Waals surface area (Å²) in [6.45, 7) is 4.62. The van der Waals surface area contributed by atoms with E-state index in [1.165, 1.54) is 5.56 Å². The molecule has 0 spiro atoms. The smallest absolute Gasteiger partial charge is 0.319 e. The van der Waals surface area contributed by atoms with Crippen LogP contribution >= 0.6 is 0 Å². The highest BCUT2D eigenvalue weighted by molar-refractivity contribution is 5.98. The lowest BCUT2D eigenvalue weighted by molar-refractivity contribution is 0.168. The Labute approximate surface area is 198 Å². The van der Waals surface area contributed by atoms with Gasteiger partial charge in [0.2, 0.25) is 0 Å². The highest BCUT2D eigenvalue weighted by Crippen LogP contribution is 2.34. The number of carbonyl (C=O) groups is 1. The van der Waals surface area contributed by atoms with Crippen molar-refractivity contribution in [3.63, 3.8) is 0 Å². The number of aryl methyl sites for hydroxylation is 1. The van der Waals surface area contributed by atoms with Gasteiger partial charge in [0.25, 0.3) is 5.71 Å². The molecule has 1 saturated heterocycles. The Kier molecular flexibility index (Phi) is 5.83. The summed E-state index contributed by atoms with van der Waals surface area (Å²) in [4.78, 5) is 32.0. The predicted octanol–water partition coefficient (Wildman–Crippen LogP) is 3.38. The van der Waals surface area contributed by atoms with Crippen LogP contribution in [0.2, 0.25) is 0 Å². The molecule has 9 heteroatoms. The molecule has 0 unspecified atom stereocenters. The van der Waals surface area contributed by atoms with Crippen LogP contribution in [0, 0.1) is 6.92 Å². The average Bonchev–Trinajstić information content (AvgIpc) is 3.29. The number of amides is 2. The fraction of sp³-hybridized carbons (Fsp3) is 0.320. The number of rotatable bonds is 4. The first kappa shape index (κ1) is 21.8. The monoisotopic (exact) mass is 457 g/mol. The van der Waals surface area contributed by atoms with Crippen molar-refractivity contribution in [1.82, 2.24) is 29.9 Å². The third kappa shape index (κ3) is 4.28. The minimum atomic E-state index is 0.0218. The fourth-order valence-electron chi connectivity index (χ4n) is 4.17. The molecule has 1 fully saturated rings. The third-order valence-corrected chi connectivity index (χ3v) is 6.01. The number of urea groups is 1. The minimum absolute atomic E-state index is 0.0218. The molecule has 0 N–H and O–H groups in total. The summed E-state index contributed by atoms with van der Waals surface area (Å²) >= 11 is 0. The zero-order valence-electron chi connectivity index (χ0n) is 19.6. The standard InChI is InChI=1S/C25H27N7O2/c1-17-6-8-18(9-7-17)15-20-27-23(31-11-13-32(14-12-31)25(33)30(2)3)21-22(29-34-24(21)28-20)19-5-4-10-26-16-19/h4-10,16H,11-15H2,1-3H3. The van der Waals surface area contributed by atoms with Crippen LogP contribution in [0.15, 0.2) is 53.3 Å². The van der Waals surface area contributed by atoms with Gasteiger partial charge in [-0.2, -0.15) is 4.98 Å². The van der Waals surface area contributed by atoms with E-state index in [0.717, 1.165) is 22.3 Å². The fourth-order valence-corrected chi connectivity index (χ4v) is 4.17. The van der Waals surface area contributed by atoms with Gasteiger partial charge in [-0.25, -0.2) is 9.78 Å². The summed E-state index contributed by atoms with van der Waals surface area (Å²) in [7, 11) is 3.55. The van der Waals surface area contributed by atoms with Crippen LogP contribution in [0.1, 0.15) is 17.0 Å². The Balaban J connectivity index is 1.53. The molecule has 0 bridgehead atoms. The molecule has 1 aliphatic heterocycles. The van der Waals surface area contributed by atoms with E-state index < -0.39 is 0 Å². The van der Waals surface area contributed by atoms with Crippen molar-refractivity contribution < 1.29 is 9.32 Å². The van der Waals surface area contributed by atoms with Crippen LogP contribution < -0.4 is 4.90 Å². The van der Waals surface area contributed by atoms with Gasteiger partial charge in [-0.3, -0.25) is 4.98 Å². The Hall–Kier alpha value is -4.01. The highest BCUT2D eigenvalue weighted by Gasteiger charge is 2.27. The van der Waals surface area contributed by atoms with Gasteiger partial charge < -0.3 is 19.2 Å². The summed E-state index contributed by atoms with van der Waals surface area (Å²) in [6, 6.07) is 12.2. The van der Waals surface area contributed by atoms with Gasteiger partial charge in [0.15, 0.2) is 0 Å². The Bertz CT molecular complexity index is 1290. The van der Waals surface area contributed by atoms with Gasteiger partial charge in [-0.1, -0.05) is 35.0 Å². The van der Waals surface area contributed by atoms with Gasteiger partial charge in [0.1, 0.15) is 22.7 Å². The summed E-state index contributed by atoms with van der Waals surface area (Å²) in [5.41, 5.74) is 4.31. The third-order valence-electron chi connectivity index (χ3n) is 6.01. The van der Waals surface area contributed by atoms with Gasteiger partial charge in [0, 0.05) is 64.7 Å². The molecule has 0 saturated carbocycles. The predicted molar refractivity (Wildman–Crippen MR) is 130 cm³/mol. The lowest BCUT2D eigenvalue weighted by Gasteiger charge is -2.36. The molecule has 4 aromatic rings. The molecule has 5 rings (SSSR count). The van der Waals surface area contributed by atoms with Gasteiger partial charge in [-0.05, 0) is 24.6 Å². The zero-order chi connectivity index (χ0) is 23.7. The molecule has 1 aromatic carbocycles. The van der Waals surface area contributed by atoms with Gasteiger partial charge >= 0.3 is 6.03 Å². The van der Waals surface area contributed by atoms with Crippen molar-refractivity contribution in [1.29, 1.82) is 0 Å². The number of benzene rings is 1. The number of hydrogen-bond donors (Lipinski definition) is 0. The number of fused-ring (bicyclic) bond motifs is 1. The first-order valence-corrected chi connectivity index (χ1v) is 11.3. The maximum absolute atomic E-state index is 12.4. The molecule has 4 heterocycles. The van der Waals surface area contributed by atoms with E-state index in [2.05, 4.69) is 46.2 Å². The first-order chi connectivity index (χ1) is 16.5. The number of nitrogens with zero attached hydrogens (tertiary/aromatic N) is 7. The number of pyridine rings is 1. The average molecular weight is 458 g/mol. The van der Waals surface area contributed by atoms with Crippen molar-refractivity contribution in [2.75, 3.05) is 45.2 Å². The summed E-state index contributed by atoms with van der Waals surface area (Å²) in [5, 5.41) is 5.10. The second-order valence-corrected chi connectivity index (χ2v) is 8.73. The molecule has 1 aliphatic rings. The summed E-state index contributed by atoms with van der Waals surface area (Å²) < 4.78 is 5.70. The minimum Gasteiger partial charge on any atom is -0.352 e. The normalized spacial score (nSPS) is 14.0. The maximum Gasteiger partial charge on any atom is 0.319 e. The highest BCUT2D eigenvalue weighted by atomic mass is 16.5. The van der Waals surface area contributed by atoms with Crippen LogP contribution in [0.3, 0.4) is 0 Å². The lowest BCUT2D eigenvalue weighted by atomic mass is 10.1. The molecule has 9 nitrogen and oxygen atoms in total. The molecule has 0 radical (unpaired) electrons. The van der Waals surface area contributed by atoms with E-state index in [4.69, 9.17) is 14.5 Å². The van der Waals surface area contributed by atoms with Crippen LogP contribution in [0.4, 0.5) is 10.6 Å². The number of hydrogen-bond acceptors (Lipinski definition) is 7. The largest absolute Gasteiger partial charge is 0.352 e. The Morgan fingerprint density at radius 3 is 2.50 bits per heavy atom. The summed E-state index contributed by atoms with van der Waals surface area (Å²) in [6.07, 6.45) is 4.07. The SMILES string of the molecule is Cc1ccc(Cc2nc(N3CCN(C(=O)N(C)C)CC3)c3c(-c4cccnc4)noc3n2)cc1. The Morgan fingerprint density at radius 1 is 1.06 bits per heavy atom. The second kappa shape index (κ2) is 9.09. The van der Waals surface area contributed by atoms with E-state index in [0.29, 0.717) is 49.8 Å². The van der Waals surface area contributed by atoms with Crippen LogP contribution in [0.5, 0.6) is 0 Å². The van der Waals surface area contributed by atoms with E-state index >= 15 is 0 Å². The maximum atomic E-state index is 12.4. The van der Waals surface area contributed by atoms with Crippen LogP contribution in [-0.4, -0.2) is 76.2 Å². The van der Waals surface area contributed by atoms with Crippen LogP contribution in [0.25, 0.3) is 22.4 Å². The summed E-state index contributed by atoms with van der Waals surface area (Å²) in [5.74, 6) is 1.45. The molecule has 0 aliphatic carbocycles. The van der Waals surface area contributed by atoms with Gasteiger partial charge in [-0.15, -0.1) is 0 Å². The van der Waals surface area contributed by atoms with E-state index in [1.54, 1.807) is 31.4 Å². The molecule has 174 valence electrons. The molecule has 3 aromatic heterocycles. The molecule has 34 heavy (non-hydrogen) atoms. The van der Waals surface area contributed by atoms with Gasteiger partial charge in [0.05, 0.1) is 0 Å². The Morgan fingerprint density at radius 2 is 1.82 bits per heavy atom. The molecule has 0 atom stereocenters. The number of piperazine rings is 1. The van der Waals surface area contributed by atoms with E-state index in [-0.39, 0.29) is 6.03 Å². The number of aromatic nitrogens is 4. The van der Waals surface area contributed by atoms with Crippen molar-refractivity contribution in [2.24, 2.45) is 0 Å². The van der Waals surface area contributed by atoms with Crippen molar-refractivity contribution in [3.05, 3.63) is 65.7 Å². The second-order valence-electron chi connectivity index (χ2n) is 8.73. The number of anilines is 1. The van der Waals surface area contributed by atoms with E-state index in [1.807, 2.05) is 17.0 Å². The first-order valence-electron chi connectivity index (χ1n) is 11.3. The van der Waals surface area contributed by atoms with Crippen molar-refractivity contribution in [3.8, 4) is 11.3 Å². The zero-order valence-corrected chi connectivity index (χ0v) is 19.6. The van der Waals surface area contributed by atoms with Crippen molar-refractivity contribution >= 4 is 22.9 Å². The molecular weight excluding hydrogens is 430 g/mol. The van der Waals surface area contributed by atoms with Crippen molar-refractivity contribution in [2.45, 2.75) is 13.3 Å². The quantitative estimate of drug-likeness (QED) is 0.464.